The SMILES string of the molecule is CC(NCCCc1ncn[nH]1)c1cnccn1. The molecule has 6 nitrogen and oxygen atoms in total. The molecule has 0 amide bonds. The summed E-state index contributed by atoms with van der Waals surface area (Å²) in [5.41, 5.74) is 0.965. The van der Waals surface area contributed by atoms with Gasteiger partial charge < -0.3 is 5.32 Å². The molecule has 0 aliphatic heterocycles. The van der Waals surface area contributed by atoms with Gasteiger partial charge in [0, 0.05) is 31.1 Å². The summed E-state index contributed by atoms with van der Waals surface area (Å²) >= 11 is 0. The summed E-state index contributed by atoms with van der Waals surface area (Å²) < 4.78 is 0. The van der Waals surface area contributed by atoms with Crippen molar-refractivity contribution in [3.63, 3.8) is 0 Å². The van der Waals surface area contributed by atoms with Crippen molar-refractivity contribution in [3.8, 4) is 0 Å². The summed E-state index contributed by atoms with van der Waals surface area (Å²) in [5.74, 6) is 0.930. The Labute approximate surface area is 99.9 Å². The van der Waals surface area contributed by atoms with E-state index < -0.39 is 0 Å². The van der Waals surface area contributed by atoms with E-state index in [2.05, 4.69) is 37.4 Å². The zero-order valence-corrected chi connectivity index (χ0v) is 9.80. The van der Waals surface area contributed by atoms with Crippen molar-refractivity contribution in [2.45, 2.75) is 25.8 Å². The summed E-state index contributed by atoms with van der Waals surface area (Å²) in [6.45, 7) is 3.00. The van der Waals surface area contributed by atoms with Gasteiger partial charge in [0.25, 0.3) is 0 Å². The molecule has 1 atom stereocenters. The minimum Gasteiger partial charge on any atom is -0.309 e. The second-order valence-electron chi connectivity index (χ2n) is 3.84. The molecule has 1 unspecified atom stereocenters. The van der Waals surface area contributed by atoms with Crippen LogP contribution >= 0.6 is 0 Å². The third-order valence-corrected chi connectivity index (χ3v) is 2.53. The number of H-pyrrole nitrogens is 1. The van der Waals surface area contributed by atoms with E-state index in [0.29, 0.717) is 0 Å². The zero-order chi connectivity index (χ0) is 11.9. The lowest BCUT2D eigenvalue weighted by Crippen LogP contribution is -2.21. The van der Waals surface area contributed by atoms with E-state index in [1.54, 1.807) is 18.6 Å². The maximum Gasteiger partial charge on any atom is 0.137 e. The molecule has 90 valence electrons. The molecule has 17 heavy (non-hydrogen) atoms. The topological polar surface area (TPSA) is 79.4 Å². The Morgan fingerprint density at radius 2 is 2.29 bits per heavy atom. The average molecular weight is 232 g/mol. The third kappa shape index (κ3) is 3.60. The predicted molar refractivity (Wildman–Crippen MR) is 63.2 cm³/mol. The van der Waals surface area contributed by atoms with Gasteiger partial charge >= 0.3 is 0 Å². The fourth-order valence-corrected chi connectivity index (χ4v) is 1.56. The highest BCUT2D eigenvalue weighted by molar-refractivity contribution is 5.00. The van der Waals surface area contributed by atoms with Gasteiger partial charge in [-0.05, 0) is 19.9 Å². The molecule has 2 aromatic rings. The van der Waals surface area contributed by atoms with Crippen LogP contribution in [0.2, 0.25) is 0 Å². The quantitative estimate of drug-likeness (QED) is 0.723. The fraction of sp³-hybridized carbons (Fsp3) is 0.455. The minimum absolute atomic E-state index is 0.221. The van der Waals surface area contributed by atoms with E-state index in [1.165, 1.54) is 6.33 Å². The van der Waals surface area contributed by atoms with Crippen LogP contribution in [0, 0.1) is 0 Å². The van der Waals surface area contributed by atoms with Crippen molar-refractivity contribution in [1.82, 2.24) is 30.5 Å². The first-order valence-electron chi connectivity index (χ1n) is 5.70. The number of nitrogens with one attached hydrogen (secondary N) is 2. The van der Waals surface area contributed by atoms with E-state index in [1.807, 2.05) is 0 Å². The van der Waals surface area contributed by atoms with Crippen molar-refractivity contribution in [2.24, 2.45) is 0 Å². The van der Waals surface area contributed by atoms with Gasteiger partial charge in [-0.15, -0.1) is 0 Å². The van der Waals surface area contributed by atoms with Gasteiger partial charge in [0.2, 0.25) is 0 Å². The highest BCUT2D eigenvalue weighted by atomic mass is 15.2. The van der Waals surface area contributed by atoms with Crippen LogP contribution in [0.1, 0.15) is 30.9 Å². The Bertz CT molecular complexity index is 413. The first-order chi connectivity index (χ1) is 8.36. The molecule has 2 rings (SSSR count). The van der Waals surface area contributed by atoms with Gasteiger partial charge in [0.15, 0.2) is 0 Å². The Kier molecular flexibility index (Phi) is 4.15. The monoisotopic (exact) mass is 232 g/mol. The lowest BCUT2D eigenvalue weighted by atomic mass is 10.2. The van der Waals surface area contributed by atoms with E-state index in [9.17, 15) is 0 Å². The lowest BCUT2D eigenvalue weighted by molar-refractivity contribution is 0.542. The molecule has 2 N–H and O–H groups in total. The van der Waals surface area contributed by atoms with Gasteiger partial charge in [-0.2, -0.15) is 5.10 Å². The molecule has 0 aliphatic carbocycles. The Morgan fingerprint density at radius 3 is 3.00 bits per heavy atom. The largest absolute Gasteiger partial charge is 0.309 e. The maximum absolute atomic E-state index is 4.25. The predicted octanol–water partition coefficient (Wildman–Crippen LogP) is 0.878. The number of aryl methyl sites for hydroxylation is 1. The molecule has 0 saturated carbocycles. The standard InChI is InChI=1S/C11H16N6/c1-9(10-7-12-5-6-14-10)13-4-2-3-11-15-8-16-17-11/h5-9,13H,2-4H2,1H3,(H,15,16,17). The number of aromatic amines is 1. The van der Waals surface area contributed by atoms with Crippen LogP contribution in [0.15, 0.2) is 24.9 Å². The highest BCUT2D eigenvalue weighted by Gasteiger charge is 2.05. The molecule has 0 aromatic carbocycles. The first-order valence-corrected chi connectivity index (χ1v) is 5.70. The molecule has 0 aliphatic rings. The summed E-state index contributed by atoms with van der Waals surface area (Å²) in [6, 6.07) is 0.221. The average Bonchev–Trinajstić information content (AvgIpc) is 2.88. The second kappa shape index (κ2) is 6.05. The summed E-state index contributed by atoms with van der Waals surface area (Å²) in [7, 11) is 0. The van der Waals surface area contributed by atoms with Gasteiger partial charge in [0.1, 0.15) is 12.2 Å². The second-order valence-corrected chi connectivity index (χ2v) is 3.84. The Balaban J connectivity index is 1.68. The number of aromatic nitrogens is 5. The van der Waals surface area contributed by atoms with Gasteiger partial charge in [-0.3, -0.25) is 15.1 Å². The molecular weight excluding hydrogens is 216 g/mol. The van der Waals surface area contributed by atoms with Crippen molar-refractivity contribution in [1.29, 1.82) is 0 Å². The molecule has 0 bridgehead atoms. The van der Waals surface area contributed by atoms with Crippen LogP contribution in [0.3, 0.4) is 0 Å². The zero-order valence-electron chi connectivity index (χ0n) is 9.80. The highest BCUT2D eigenvalue weighted by Crippen LogP contribution is 2.06. The van der Waals surface area contributed by atoms with Gasteiger partial charge in [0.05, 0.1) is 5.69 Å². The molecular formula is C11H16N6. The molecule has 0 saturated heterocycles. The van der Waals surface area contributed by atoms with Crippen LogP contribution in [-0.4, -0.2) is 31.7 Å². The Morgan fingerprint density at radius 1 is 1.35 bits per heavy atom. The number of nitrogens with zero attached hydrogens (tertiary/aromatic N) is 4. The van der Waals surface area contributed by atoms with E-state index >= 15 is 0 Å². The van der Waals surface area contributed by atoms with Crippen molar-refractivity contribution in [3.05, 3.63) is 36.4 Å². The van der Waals surface area contributed by atoms with Gasteiger partial charge in [-0.1, -0.05) is 0 Å². The molecule has 2 heterocycles. The fourth-order valence-electron chi connectivity index (χ4n) is 1.56. The van der Waals surface area contributed by atoms with Crippen LogP contribution < -0.4 is 5.32 Å². The van der Waals surface area contributed by atoms with E-state index in [0.717, 1.165) is 30.9 Å². The van der Waals surface area contributed by atoms with Crippen molar-refractivity contribution in [2.75, 3.05) is 6.54 Å². The Hall–Kier alpha value is -1.82. The van der Waals surface area contributed by atoms with E-state index in [-0.39, 0.29) is 6.04 Å². The van der Waals surface area contributed by atoms with Crippen LogP contribution in [0.5, 0.6) is 0 Å². The molecule has 6 heteroatoms. The van der Waals surface area contributed by atoms with Crippen LogP contribution in [0.4, 0.5) is 0 Å². The van der Waals surface area contributed by atoms with Crippen LogP contribution in [-0.2, 0) is 6.42 Å². The number of rotatable bonds is 6. The van der Waals surface area contributed by atoms with Crippen LogP contribution in [0.25, 0.3) is 0 Å². The normalized spacial score (nSPS) is 12.5. The van der Waals surface area contributed by atoms with Crippen molar-refractivity contribution >= 4 is 0 Å². The summed E-state index contributed by atoms with van der Waals surface area (Å²) in [6.07, 6.45) is 8.63. The first kappa shape index (κ1) is 11.7. The van der Waals surface area contributed by atoms with E-state index in [4.69, 9.17) is 0 Å². The molecule has 0 spiro atoms. The summed E-state index contributed by atoms with van der Waals surface area (Å²) in [4.78, 5) is 12.4. The van der Waals surface area contributed by atoms with Crippen molar-refractivity contribution < 1.29 is 0 Å². The molecule has 2 aromatic heterocycles. The number of hydrogen-bond acceptors (Lipinski definition) is 5. The lowest BCUT2D eigenvalue weighted by Gasteiger charge is -2.11. The van der Waals surface area contributed by atoms with Gasteiger partial charge in [-0.25, -0.2) is 4.98 Å². The molecule has 0 fully saturated rings. The number of hydrogen-bond donors (Lipinski definition) is 2. The smallest absolute Gasteiger partial charge is 0.137 e. The maximum atomic E-state index is 4.25. The molecule has 0 radical (unpaired) electrons. The minimum atomic E-state index is 0.221. The third-order valence-electron chi connectivity index (χ3n) is 2.53. The summed E-state index contributed by atoms with van der Waals surface area (Å²) in [5, 5.41) is 10.1.